The standard InChI is InChI=1S/C14H10BrF4NO/c15-12-7-9(16)3-6-11(12)13(20)8-1-4-10(5-2-8)21-14(17,18)19/h1-7,13H,20H2/t13-/m1/s1. The molecular weight excluding hydrogens is 354 g/mol. The van der Waals surface area contributed by atoms with E-state index in [1.807, 2.05) is 0 Å². The lowest BCUT2D eigenvalue weighted by Crippen LogP contribution is -2.17. The van der Waals surface area contributed by atoms with E-state index in [0.29, 0.717) is 15.6 Å². The lowest BCUT2D eigenvalue weighted by molar-refractivity contribution is -0.274. The van der Waals surface area contributed by atoms with Crippen LogP contribution in [0.4, 0.5) is 17.6 Å². The molecule has 0 amide bonds. The summed E-state index contributed by atoms with van der Waals surface area (Å²) in [5, 5.41) is 0. The van der Waals surface area contributed by atoms with Crippen LogP contribution < -0.4 is 10.5 Å². The van der Waals surface area contributed by atoms with Gasteiger partial charge in [-0.3, -0.25) is 0 Å². The highest BCUT2D eigenvalue weighted by molar-refractivity contribution is 9.10. The summed E-state index contributed by atoms with van der Waals surface area (Å²) in [5.74, 6) is -0.733. The van der Waals surface area contributed by atoms with Crippen LogP contribution in [0.1, 0.15) is 17.2 Å². The van der Waals surface area contributed by atoms with Gasteiger partial charge in [0.1, 0.15) is 11.6 Å². The van der Waals surface area contributed by atoms with E-state index in [2.05, 4.69) is 20.7 Å². The lowest BCUT2D eigenvalue weighted by Gasteiger charge is -2.15. The summed E-state index contributed by atoms with van der Waals surface area (Å²) in [6.45, 7) is 0. The van der Waals surface area contributed by atoms with E-state index in [-0.39, 0.29) is 5.75 Å². The number of nitrogens with two attached hydrogens (primary N) is 1. The third-order valence-corrected chi connectivity index (χ3v) is 3.46. The molecule has 2 rings (SSSR count). The highest BCUT2D eigenvalue weighted by Gasteiger charge is 2.31. The average molecular weight is 364 g/mol. The van der Waals surface area contributed by atoms with Crippen LogP contribution in [0.2, 0.25) is 0 Å². The minimum absolute atomic E-state index is 0.323. The molecule has 0 radical (unpaired) electrons. The minimum Gasteiger partial charge on any atom is -0.406 e. The van der Waals surface area contributed by atoms with Crippen molar-refractivity contribution in [2.24, 2.45) is 5.73 Å². The molecule has 0 heterocycles. The van der Waals surface area contributed by atoms with Gasteiger partial charge >= 0.3 is 6.36 Å². The Labute approximate surface area is 126 Å². The first-order valence-corrected chi connectivity index (χ1v) is 6.62. The van der Waals surface area contributed by atoms with Gasteiger partial charge in [0.2, 0.25) is 0 Å². The molecule has 0 bridgehead atoms. The maximum Gasteiger partial charge on any atom is 0.573 e. The van der Waals surface area contributed by atoms with Gasteiger partial charge in [0.15, 0.2) is 0 Å². The molecule has 0 unspecified atom stereocenters. The van der Waals surface area contributed by atoms with Gasteiger partial charge in [0.05, 0.1) is 6.04 Å². The van der Waals surface area contributed by atoms with Crippen molar-refractivity contribution >= 4 is 15.9 Å². The van der Waals surface area contributed by atoms with Crippen LogP contribution >= 0.6 is 15.9 Å². The zero-order valence-corrected chi connectivity index (χ0v) is 12.1. The molecule has 2 aromatic rings. The summed E-state index contributed by atoms with van der Waals surface area (Å²) in [7, 11) is 0. The molecule has 112 valence electrons. The SMILES string of the molecule is N[C@H](c1ccc(OC(F)(F)F)cc1)c1ccc(F)cc1Br. The van der Waals surface area contributed by atoms with Gasteiger partial charge in [-0.2, -0.15) is 0 Å². The Kier molecular flexibility index (Phi) is 4.53. The molecule has 2 N–H and O–H groups in total. The van der Waals surface area contributed by atoms with Crippen molar-refractivity contribution in [2.75, 3.05) is 0 Å². The number of alkyl halides is 3. The Morgan fingerprint density at radius 2 is 1.67 bits per heavy atom. The normalized spacial score (nSPS) is 13.0. The maximum absolute atomic E-state index is 13.0. The fourth-order valence-electron chi connectivity index (χ4n) is 1.81. The maximum atomic E-state index is 13.0. The van der Waals surface area contributed by atoms with Crippen LogP contribution in [-0.4, -0.2) is 6.36 Å². The fraction of sp³-hybridized carbons (Fsp3) is 0.143. The van der Waals surface area contributed by atoms with Gasteiger partial charge in [-0.25, -0.2) is 4.39 Å². The van der Waals surface area contributed by atoms with Crippen molar-refractivity contribution in [1.29, 1.82) is 0 Å². The van der Waals surface area contributed by atoms with Crippen molar-refractivity contribution < 1.29 is 22.3 Å². The molecule has 1 atom stereocenters. The fourth-order valence-corrected chi connectivity index (χ4v) is 2.41. The summed E-state index contributed by atoms with van der Waals surface area (Å²) in [5.41, 5.74) is 7.24. The summed E-state index contributed by atoms with van der Waals surface area (Å²) in [6, 6.07) is 8.69. The van der Waals surface area contributed by atoms with Gasteiger partial charge in [-0.15, -0.1) is 13.2 Å². The first-order valence-electron chi connectivity index (χ1n) is 5.82. The third-order valence-electron chi connectivity index (χ3n) is 2.77. The number of rotatable bonds is 3. The quantitative estimate of drug-likeness (QED) is 0.812. The van der Waals surface area contributed by atoms with Crippen LogP contribution in [0, 0.1) is 5.82 Å². The van der Waals surface area contributed by atoms with Crippen molar-refractivity contribution in [3.05, 3.63) is 63.9 Å². The molecule has 0 aromatic heterocycles. The molecule has 21 heavy (non-hydrogen) atoms. The van der Waals surface area contributed by atoms with Crippen LogP contribution in [-0.2, 0) is 0 Å². The second kappa shape index (κ2) is 6.03. The Balaban J connectivity index is 2.22. The molecular formula is C14H10BrF4NO. The second-order valence-electron chi connectivity index (χ2n) is 4.26. The lowest BCUT2D eigenvalue weighted by atomic mass is 9.99. The van der Waals surface area contributed by atoms with E-state index < -0.39 is 18.2 Å². The number of halogens is 5. The highest BCUT2D eigenvalue weighted by Crippen LogP contribution is 2.29. The molecule has 0 fully saturated rings. The third kappa shape index (κ3) is 4.18. The molecule has 0 saturated carbocycles. The Hall–Kier alpha value is -1.60. The van der Waals surface area contributed by atoms with Crippen molar-refractivity contribution in [2.45, 2.75) is 12.4 Å². The van der Waals surface area contributed by atoms with Gasteiger partial charge in [0.25, 0.3) is 0 Å². The Morgan fingerprint density at radius 1 is 1.05 bits per heavy atom. The molecule has 0 spiro atoms. The molecule has 0 aliphatic rings. The van der Waals surface area contributed by atoms with Gasteiger partial charge in [0, 0.05) is 4.47 Å². The zero-order valence-electron chi connectivity index (χ0n) is 10.5. The first-order chi connectivity index (χ1) is 9.76. The van der Waals surface area contributed by atoms with E-state index in [0.717, 1.165) is 0 Å². The topological polar surface area (TPSA) is 35.2 Å². The minimum atomic E-state index is -4.73. The van der Waals surface area contributed by atoms with Gasteiger partial charge in [-0.05, 0) is 35.4 Å². The van der Waals surface area contributed by atoms with Gasteiger partial charge in [-0.1, -0.05) is 34.1 Å². The van der Waals surface area contributed by atoms with Crippen LogP contribution in [0.5, 0.6) is 5.75 Å². The van der Waals surface area contributed by atoms with E-state index in [9.17, 15) is 17.6 Å². The summed E-state index contributed by atoms with van der Waals surface area (Å²) < 4.78 is 53.5. The Bertz CT molecular complexity index is 628. The van der Waals surface area contributed by atoms with E-state index in [1.54, 1.807) is 0 Å². The smallest absolute Gasteiger partial charge is 0.406 e. The summed E-state index contributed by atoms with van der Waals surface area (Å²) >= 11 is 3.21. The summed E-state index contributed by atoms with van der Waals surface area (Å²) in [6.07, 6.45) is -4.73. The van der Waals surface area contributed by atoms with E-state index in [1.165, 1.54) is 42.5 Å². The second-order valence-corrected chi connectivity index (χ2v) is 5.11. The van der Waals surface area contributed by atoms with Crippen LogP contribution in [0.25, 0.3) is 0 Å². The predicted molar refractivity (Wildman–Crippen MR) is 73.3 cm³/mol. The number of ether oxygens (including phenoxy) is 1. The highest BCUT2D eigenvalue weighted by atomic mass is 79.9. The van der Waals surface area contributed by atoms with E-state index >= 15 is 0 Å². The largest absolute Gasteiger partial charge is 0.573 e. The van der Waals surface area contributed by atoms with Crippen LogP contribution in [0.3, 0.4) is 0 Å². The predicted octanol–water partition coefficient (Wildman–Crippen LogP) is 4.53. The molecule has 7 heteroatoms. The first kappa shape index (κ1) is 15.8. The monoisotopic (exact) mass is 363 g/mol. The Morgan fingerprint density at radius 3 is 2.19 bits per heavy atom. The molecule has 0 saturated heterocycles. The van der Waals surface area contributed by atoms with Gasteiger partial charge < -0.3 is 10.5 Å². The number of hydrogen-bond donors (Lipinski definition) is 1. The van der Waals surface area contributed by atoms with E-state index in [4.69, 9.17) is 5.73 Å². The van der Waals surface area contributed by atoms with Crippen molar-refractivity contribution in [3.8, 4) is 5.75 Å². The summed E-state index contributed by atoms with van der Waals surface area (Å²) in [4.78, 5) is 0. The zero-order chi connectivity index (χ0) is 15.6. The van der Waals surface area contributed by atoms with Crippen molar-refractivity contribution in [1.82, 2.24) is 0 Å². The number of benzene rings is 2. The van der Waals surface area contributed by atoms with Crippen LogP contribution in [0.15, 0.2) is 46.9 Å². The van der Waals surface area contributed by atoms with Crippen molar-refractivity contribution in [3.63, 3.8) is 0 Å². The molecule has 2 nitrogen and oxygen atoms in total. The molecule has 0 aliphatic carbocycles. The number of hydrogen-bond acceptors (Lipinski definition) is 2. The molecule has 2 aromatic carbocycles. The average Bonchev–Trinajstić information content (AvgIpc) is 2.37. The molecule has 0 aliphatic heterocycles.